The van der Waals surface area contributed by atoms with Gasteiger partial charge in [-0.25, -0.2) is 0 Å². The van der Waals surface area contributed by atoms with Crippen LogP contribution in [0.3, 0.4) is 0 Å². The van der Waals surface area contributed by atoms with Crippen molar-refractivity contribution in [1.82, 2.24) is 4.90 Å². The van der Waals surface area contributed by atoms with Crippen molar-refractivity contribution in [3.63, 3.8) is 0 Å². The normalized spacial score (nSPS) is 9.94. The summed E-state index contributed by atoms with van der Waals surface area (Å²) < 4.78 is 5.03. The SMILES string of the molecule is COc1ccc(C(=O)CCCC(=O)N(C)C)cc1. The minimum atomic E-state index is 0.0533. The van der Waals surface area contributed by atoms with Gasteiger partial charge in [0.15, 0.2) is 5.78 Å². The lowest BCUT2D eigenvalue weighted by atomic mass is 10.1. The molecule has 0 heterocycles. The molecule has 4 nitrogen and oxygen atoms in total. The molecule has 0 aliphatic carbocycles. The molecule has 1 rings (SSSR count). The summed E-state index contributed by atoms with van der Waals surface area (Å²) in [4.78, 5) is 24.7. The molecule has 0 saturated carbocycles. The third-order valence-electron chi connectivity index (χ3n) is 2.71. The Labute approximate surface area is 108 Å². The third kappa shape index (κ3) is 4.20. The largest absolute Gasteiger partial charge is 0.497 e. The highest BCUT2D eigenvalue weighted by Gasteiger charge is 2.08. The van der Waals surface area contributed by atoms with Crippen molar-refractivity contribution in [2.45, 2.75) is 19.3 Å². The van der Waals surface area contributed by atoms with E-state index >= 15 is 0 Å². The molecule has 0 N–H and O–H groups in total. The number of ketones is 1. The van der Waals surface area contributed by atoms with Crippen LogP contribution in [0.2, 0.25) is 0 Å². The summed E-state index contributed by atoms with van der Waals surface area (Å²) >= 11 is 0. The third-order valence-corrected chi connectivity index (χ3v) is 2.71. The molecule has 18 heavy (non-hydrogen) atoms. The first kappa shape index (κ1) is 14.2. The Morgan fingerprint density at radius 3 is 2.22 bits per heavy atom. The molecule has 98 valence electrons. The van der Waals surface area contributed by atoms with Gasteiger partial charge in [0.1, 0.15) is 5.75 Å². The predicted octanol–water partition coefficient (Wildman–Crippen LogP) is 2.14. The molecule has 0 atom stereocenters. The zero-order valence-corrected chi connectivity index (χ0v) is 11.1. The molecule has 0 spiro atoms. The topological polar surface area (TPSA) is 46.6 Å². The fourth-order valence-electron chi connectivity index (χ4n) is 1.55. The standard InChI is InChI=1S/C14H19NO3/c1-15(2)14(17)6-4-5-13(16)11-7-9-12(18-3)10-8-11/h7-10H,4-6H2,1-3H3. The van der Waals surface area contributed by atoms with Crippen LogP contribution in [0, 0.1) is 0 Å². The van der Waals surface area contributed by atoms with Gasteiger partial charge in [0.25, 0.3) is 0 Å². The number of carbonyl (C=O) groups is 2. The molecule has 0 fully saturated rings. The molecule has 4 heteroatoms. The van der Waals surface area contributed by atoms with Gasteiger partial charge in [-0.15, -0.1) is 0 Å². The molecule has 1 aromatic carbocycles. The van der Waals surface area contributed by atoms with E-state index < -0.39 is 0 Å². The second-order valence-electron chi connectivity index (χ2n) is 4.29. The number of rotatable bonds is 6. The molecule has 0 aromatic heterocycles. The molecule has 1 aromatic rings. The van der Waals surface area contributed by atoms with Gasteiger partial charge in [-0.1, -0.05) is 0 Å². The summed E-state index contributed by atoms with van der Waals surface area (Å²) in [6, 6.07) is 7.01. The molecule has 0 aliphatic rings. The van der Waals surface area contributed by atoms with Crippen LogP contribution in [0.4, 0.5) is 0 Å². The summed E-state index contributed by atoms with van der Waals surface area (Å²) in [5, 5.41) is 0. The average molecular weight is 249 g/mol. The Hall–Kier alpha value is -1.84. The molecule has 1 amide bonds. The molecule has 0 bridgehead atoms. The predicted molar refractivity (Wildman–Crippen MR) is 69.9 cm³/mol. The van der Waals surface area contributed by atoms with Crippen molar-refractivity contribution >= 4 is 11.7 Å². The van der Waals surface area contributed by atoms with Crippen molar-refractivity contribution < 1.29 is 14.3 Å². The van der Waals surface area contributed by atoms with Crippen molar-refractivity contribution in [1.29, 1.82) is 0 Å². The first-order valence-electron chi connectivity index (χ1n) is 5.92. The van der Waals surface area contributed by atoms with E-state index in [1.165, 1.54) is 4.90 Å². The van der Waals surface area contributed by atoms with Crippen LogP contribution in [-0.2, 0) is 4.79 Å². The highest BCUT2D eigenvalue weighted by atomic mass is 16.5. The first-order chi connectivity index (χ1) is 8.54. The first-order valence-corrected chi connectivity index (χ1v) is 5.92. The van der Waals surface area contributed by atoms with Crippen LogP contribution in [0.1, 0.15) is 29.6 Å². The van der Waals surface area contributed by atoms with E-state index in [0.717, 1.165) is 5.75 Å². The van der Waals surface area contributed by atoms with Crippen LogP contribution in [0.15, 0.2) is 24.3 Å². The lowest BCUT2D eigenvalue weighted by Gasteiger charge is -2.09. The van der Waals surface area contributed by atoms with E-state index in [-0.39, 0.29) is 11.7 Å². The average Bonchev–Trinajstić information content (AvgIpc) is 2.38. The monoisotopic (exact) mass is 249 g/mol. The van der Waals surface area contributed by atoms with Crippen LogP contribution in [-0.4, -0.2) is 37.8 Å². The Balaban J connectivity index is 2.43. The highest BCUT2D eigenvalue weighted by Crippen LogP contribution is 2.13. The highest BCUT2D eigenvalue weighted by molar-refractivity contribution is 5.96. The van der Waals surface area contributed by atoms with Gasteiger partial charge in [0.05, 0.1) is 7.11 Å². The number of amides is 1. The maximum absolute atomic E-state index is 11.8. The molecule has 0 saturated heterocycles. The fraction of sp³-hybridized carbons (Fsp3) is 0.429. The van der Waals surface area contributed by atoms with Gasteiger partial charge in [-0.2, -0.15) is 0 Å². The van der Waals surface area contributed by atoms with Crippen LogP contribution >= 0.6 is 0 Å². The van der Waals surface area contributed by atoms with E-state index in [9.17, 15) is 9.59 Å². The summed E-state index contributed by atoms with van der Waals surface area (Å²) in [5.74, 6) is 0.844. The Morgan fingerprint density at radius 1 is 1.11 bits per heavy atom. The number of nitrogens with zero attached hydrogens (tertiary/aromatic N) is 1. The molecule has 0 unspecified atom stereocenters. The van der Waals surface area contributed by atoms with Gasteiger partial charge in [0.2, 0.25) is 5.91 Å². The molecule has 0 aliphatic heterocycles. The van der Waals surface area contributed by atoms with Gasteiger partial charge in [-0.05, 0) is 30.7 Å². The number of carbonyl (C=O) groups excluding carboxylic acids is 2. The minimum absolute atomic E-state index is 0.0533. The van der Waals surface area contributed by atoms with Crippen LogP contribution in [0.25, 0.3) is 0 Å². The quantitative estimate of drug-likeness (QED) is 0.726. The lowest BCUT2D eigenvalue weighted by Crippen LogP contribution is -2.21. The van der Waals surface area contributed by atoms with Gasteiger partial charge in [-0.3, -0.25) is 9.59 Å². The maximum atomic E-state index is 11.8. The maximum Gasteiger partial charge on any atom is 0.222 e. The number of hydrogen-bond donors (Lipinski definition) is 0. The number of ether oxygens (including phenoxy) is 1. The van der Waals surface area contributed by atoms with E-state index in [0.29, 0.717) is 24.8 Å². The summed E-state index contributed by atoms with van der Waals surface area (Å²) in [5.41, 5.74) is 0.660. The Morgan fingerprint density at radius 2 is 1.72 bits per heavy atom. The van der Waals surface area contributed by atoms with E-state index in [1.54, 1.807) is 45.5 Å². The van der Waals surface area contributed by atoms with Crippen molar-refractivity contribution in [3.8, 4) is 5.75 Å². The van der Waals surface area contributed by atoms with Crippen LogP contribution < -0.4 is 4.74 Å². The van der Waals surface area contributed by atoms with Gasteiger partial charge in [0, 0.05) is 32.5 Å². The van der Waals surface area contributed by atoms with Crippen molar-refractivity contribution in [2.75, 3.05) is 21.2 Å². The van der Waals surface area contributed by atoms with E-state index in [4.69, 9.17) is 4.74 Å². The number of hydrogen-bond acceptors (Lipinski definition) is 3. The zero-order chi connectivity index (χ0) is 13.5. The smallest absolute Gasteiger partial charge is 0.222 e. The number of methoxy groups -OCH3 is 1. The molecular formula is C14H19NO3. The lowest BCUT2D eigenvalue weighted by molar-refractivity contribution is -0.128. The summed E-state index contributed by atoms with van der Waals surface area (Å²) in [6.07, 6.45) is 1.39. The second-order valence-corrected chi connectivity index (χ2v) is 4.29. The van der Waals surface area contributed by atoms with Gasteiger partial charge < -0.3 is 9.64 Å². The fourth-order valence-corrected chi connectivity index (χ4v) is 1.55. The number of benzene rings is 1. The Bertz CT molecular complexity index is 410. The van der Waals surface area contributed by atoms with Crippen LogP contribution in [0.5, 0.6) is 5.75 Å². The van der Waals surface area contributed by atoms with E-state index in [2.05, 4.69) is 0 Å². The molecule has 0 radical (unpaired) electrons. The molecular weight excluding hydrogens is 230 g/mol. The summed E-state index contributed by atoms with van der Waals surface area (Å²) in [7, 11) is 5.02. The number of Topliss-reactive ketones (excluding diaryl/α,β-unsaturated/α-hetero) is 1. The van der Waals surface area contributed by atoms with E-state index in [1.807, 2.05) is 0 Å². The van der Waals surface area contributed by atoms with Crippen molar-refractivity contribution in [3.05, 3.63) is 29.8 Å². The zero-order valence-electron chi connectivity index (χ0n) is 11.1. The second kappa shape index (κ2) is 6.79. The van der Waals surface area contributed by atoms with Gasteiger partial charge >= 0.3 is 0 Å². The summed E-state index contributed by atoms with van der Waals surface area (Å²) in [6.45, 7) is 0. The van der Waals surface area contributed by atoms with Crippen molar-refractivity contribution in [2.24, 2.45) is 0 Å². The Kier molecular flexibility index (Phi) is 5.36. The minimum Gasteiger partial charge on any atom is -0.497 e.